The Hall–Kier alpha value is -1.75. The molecule has 1 aromatic rings. The van der Waals surface area contributed by atoms with E-state index in [4.69, 9.17) is 28.8 Å². The summed E-state index contributed by atoms with van der Waals surface area (Å²) < 4.78 is 0. The lowest BCUT2D eigenvalue weighted by Crippen LogP contribution is -2.96. The van der Waals surface area contributed by atoms with Crippen LogP contribution in [0.25, 0.3) is 0 Å². The molecule has 1 rings (SSSR count). The molecular formula is C9H14ClN5+2. The summed E-state index contributed by atoms with van der Waals surface area (Å²) in [5, 5.41) is 0.675. The zero-order valence-corrected chi connectivity index (χ0v) is 9.10. The van der Waals surface area contributed by atoms with E-state index in [1.807, 2.05) is 19.1 Å². The lowest BCUT2D eigenvalue weighted by atomic mass is 10.2. The summed E-state index contributed by atoms with van der Waals surface area (Å²) in [6.45, 7) is 1.91. The Morgan fingerprint density at radius 2 is 1.93 bits per heavy atom. The molecule has 0 fully saturated rings. The van der Waals surface area contributed by atoms with Crippen molar-refractivity contribution in [3.8, 4) is 0 Å². The lowest BCUT2D eigenvalue weighted by Gasteiger charge is -1.95. The summed E-state index contributed by atoms with van der Waals surface area (Å²) in [5.41, 5.74) is 17.9. The second-order valence-corrected chi connectivity index (χ2v) is 3.51. The van der Waals surface area contributed by atoms with E-state index in [2.05, 4.69) is 9.98 Å². The van der Waals surface area contributed by atoms with E-state index >= 15 is 0 Å². The first-order chi connectivity index (χ1) is 6.99. The van der Waals surface area contributed by atoms with Gasteiger partial charge in [0.2, 0.25) is 0 Å². The fraction of sp³-hybridized carbons (Fsp3) is 0.111. The van der Waals surface area contributed by atoms with E-state index in [0.29, 0.717) is 5.02 Å². The molecule has 80 valence electrons. The van der Waals surface area contributed by atoms with Gasteiger partial charge in [0, 0.05) is 10.6 Å². The predicted octanol–water partition coefficient (Wildman–Crippen LogP) is -2.97. The number of benzene rings is 1. The van der Waals surface area contributed by atoms with Gasteiger partial charge in [0.05, 0.1) is 0 Å². The monoisotopic (exact) mass is 227 g/mol. The van der Waals surface area contributed by atoms with Crippen LogP contribution in [-0.2, 0) is 0 Å². The molecule has 0 aliphatic carbocycles. The molecule has 6 heteroatoms. The Kier molecular flexibility index (Phi) is 3.51. The highest BCUT2D eigenvalue weighted by atomic mass is 35.5. The summed E-state index contributed by atoms with van der Waals surface area (Å²) in [4.78, 5) is 5.47. The Morgan fingerprint density at radius 1 is 1.27 bits per heavy atom. The zero-order chi connectivity index (χ0) is 11.4. The van der Waals surface area contributed by atoms with Crippen LogP contribution in [-0.4, -0.2) is 11.9 Å². The summed E-state index contributed by atoms with van der Waals surface area (Å²) in [6.07, 6.45) is 0. The van der Waals surface area contributed by atoms with E-state index in [9.17, 15) is 0 Å². The number of halogens is 1. The molecule has 0 amide bonds. The number of hydrogen-bond donors (Lipinski definition) is 5. The van der Waals surface area contributed by atoms with Gasteiger partial charge in [0.25, 0.3) is 5.96 Å². The van der Waals surface area contributed by atoms with Crippen LogP contribution >= 0.6 is 11.6 Å². The minimum Gasteiger partial charge on any atom is -0.345 e. The SMILES string of the molecule is Cc1cc(Cl)ccc1[NH+]=C(N)[NH+]=C(N)N. The van der Waals surface area contributed by atoms with Gasteiger partial charge in [-0.2, -0.15) is 4.99 Å². The van der Waals surface area contributed by atoms with E-state index < -0.39 is 0 Å². The third kappa shape index (κ3) is 3.47. The first-order valence-electron chi connectivity index (χ1n) is 4.29. The van der Waals surface area contributed by atoms with Crippen LogP contribution in [0.1, 0.15) is 5.56 Å². The van der Waals surface area contributed by atoms with Gasteiger partial charge < -0.3 is 11.5 Å². The van der Waals surface area contributed by atoms with E-state index in [-0.39, 0.29) is 11.9 Å². The largest absolute Gasteiger partial charge is 0.522 e. The first-order valence-corrected chi connectivity index (χ1v) is 4.67. The fourth-order valence-corrected chi connectivity index (χ4v) is 1.33. The number of nitrogens with two attached hydrogens (primary N) is 3. The van der Waals surface area contributed by atoms with Gasteiger partial charge in [0.1, 0.15) is 0 Å². The summed E-state index contributed by atoms with van der Waals surface area (Å²) in [7, 11) is 0. The van der Waals surface area contributed by atoms with Crippen molar-refractivity contribution in [2.24, 2.45) is 17.2 Å². The van der Waals surface area contributed by atoms with Crippen molar-refractivity contribution in [1.82, 2.24) is 0 Å². The lowest BCUT2D eigenvalue weighted by molar-refractivity contribution is -0.459. The number of aryl methyl sites for hydroxylation is 1. The summed E-state index contributed by atoms with van der Waals surface area (Å²) >= 11 is 5.81. The molecule has 8 N–H and O–H groups in total. The van der Waals surface area contributed by atoms with Crippen LogP contribution < -0.4 is 27.2 Å². The third-order valence-corrected chi connectivity index (χ3v) is 1.97. The number of hydrogen-bond acceptors (Lipinski definition) is 0. The summed E-state index contributed by atoms with van der Waals surface area (Å²) in [6, 6.07) is 5.41. The van der Waals surface area contributed by atoms with Gasteiger partial charge >= 0.3 is 5.96 Å². The molecule has 0 bridgehead atoms. The minimum absolute atomic E-state index is 0.0339. The summed E-state index contributed by atoms with van der Waals surface area (Å²) in [5.74, 6) is 0.298. The topological polar surface area (TPSA) is 106 Å². The zero-order valence-electron chi connectivity index (χ0n) is 8.34. The van der Waals surface area contributed by atoms with Crippen LogP contribution in [0.2, 0.25) is 5.02 Å². The molecule has 0 unspecified atom stereocenters. The van der Waals surface area contributed by atoms with Gasteiger partial charge in [-0.1, -0.05) is 11.6 Å². The van der Waals surface area contributed by atoms with Crippen LogP contribution in [0.4, 0.5) is 5.69 Å². The molecule has 0 radical (unpaired) electrons. The van der Waals surface area contributed by atoms with E-state index in [0.717, 1.165) is 11.3 Å². The van der Waals surface area contributed by atoms with Crippen molar-refractivity contribution in [2.75, 3.05) is 0 Å². The average molecular weight is 228 g/mol. The van der Waals surface area contributed by atoms with Crippen molar-refractivity contribution in [3.05, 3.63) is 28.8 Å². The smallest absolute Gasteiger partial charge is 0.345 e. The highest BCUT2D eigenvalue weighted by Gasteiger charge is 2.07. The number of guanidine groups is 2. The Labute approximate surface area is 92.6 Å². The van der Waals surface area contributed by atoms with Crippen LogP contribution in [0.15, 0.2) is 18.2 Å². The minimum atomic E-state index is 0.0339. The van der Waals surface area contributed by atoms with Gasteiger partial charge in [-0.15, -0.1) is 4.99 Å². The molecule has 0 saturated carbocycles. The second kappa shape index (κ2) is 4.65. The average Bonchev–Trinajstić information content (AvgIpc) is 2.08. The number of nitrogens with one attached hydrogen (secondary N) is 2. The van der Waals surface area contributed by atoms with Gasteiger partial charge in [-0.05, 0) is 25.1 Å². The van der Waals surface area contributed by atoms with Gasteiger partial charge in [-0.25, -0.2) is 5.73 Å². The molecule has 0 heterocycles. The maximum atomic E-state index is 5.81. The fourth-order valence-electron chi connectivity index (χ4n) is 1.10. The van der Waals surface area contributed by atoms with Crippen molar-refractivity contribution < 1.29 is 9.98 Å². The molecule has 1 aromatic carbocycles. The van der Waals surface area contributed by atoms with E-state index in [1.54, 1.807) is 6.07 Å². The quantitative estimate of drug-likeness (QED) is 0.261. The van der Waals surface area contributed by atoms with Crippen LogP contribution in [0.3, 0.4) is 0 Å². The molecule has 0 aliphatic rings. The molecular weight excluding hydrogens is 214 g/mol. The molecule has 0 saturated heterocycles. The van der Waals surface area contributed by atoms with Crippen molar-refractivity contribution in [2.45, 2.75) is 6.92 Å². The standard InChI is InChI=1S/C9H12ClN5/c1-5-4-6(10)2-3-7(5)14-9(13)15-8(11)12/h2-4H,1H3,(H6,11,12,13,14,15)/p+2. The van der Waals surface area contributed by atoms with Gasteiger partial charge in [-0.3, -0.25) is 0 Å². The molecule has 0 spiro atoms. The Morgan fingerprint density at radius 3 is 2.47 bits per heavy atom. The van der Waals surface area contributed by atoms with Crippen molar-refractivity contribution >= 4 is 29.2 Å². The highest BCUT2D eigenvalue weighted by molar-refractivity contribution is 6.30. The Bertz CT molecular complexity index is 421. The molecule has 0 aliphatic heterocycles. The van der Waals surface area contributed by atoms with Gasteiger partial charge in [0.15, 0.2) is 5.69 Å². The molecule has 0 atom stereocenters. The Balaban J connectivity index is 3.03. The van der Waals surface area contributed by atoms with Crippen molar-refractivity contribution in [3.63, 3.8) is 0 Å². The van der Waals surface area contributed by atoms with Crippen LogP contribution in [0, 0.1) is 6.92 Å². The van der Waals surface area contributed by atoms with Crippen LogP contribution in [0.5, 0.6) is 0 Å². The maximum Gasteiger partial charge on any atom is 0.522 e. The normalized spacial score (nSPS) is 11.2. The third-order valence-electron chi connectivity index (χ3n) is 1.74. The molecule has 0 aromatic heterocycles. The maximum absolute atomic E-state index is 5.81. The molecule has 5 nitrogen and oxygen atoms in total. The highest BCUT2D eigenvalue weighted by Crippen LogP contribution is 2.14. The van der Waals surface area contributed by atoms with E-state index in [1.165, 1.54) is 0 Å². The molecule has 15 heavy (non-hydrogen) atoms. The van der Waals surface area contributed by atoms with Crippen molar-refractivity contribution in [1.29, 1.82) is 0 Å². The predicted molar refractivity (Wildman–Crippen MR) is 60.4 cm³/mol. The number of rotatable bonds is 1. The second-order valence-electron chi connectivity index (χ2n) is 3.08. The first kappa shape index (κ1) is 11.3.